The van der Waals surface area contributed by atoms with E-state index in [0.29, 0.717) is 24.4 Å². The number of aromatic nitrogens is 4. The number of hydrogen-bond donors (Lipinski definition) is 3. The van der Waals surface area contributed by atoms with Gasteiger partial charge in [0.25, 0.3) is 0 Å². The fraction of sp³-hybridized carbons (Fsp3) is 0.520. The predicted molar refractivity (Wildman–Crippen MR) is 132 cm³/mol. The summed E-state index contributed by atoms with van der Waals surface area (Å²) in [7, 11) is 0. The molecule has 0 radical (unpaired) electrons. The van der Waals surface area contributed by atoms with Gasteiger partial charge in [-0.3, -0.25) is 19.8 Å². The third-order valence-corrected chi connectivity index (χ3v) is 6.71. The number of piperidine rings is 2. The summed E-state index contributed by atoms with van der Waals surface area (Å²) in [6.45, 7) is 6.15. The number of aromatic amines is 1. The predicted octanol–water partition coefficient (Wildman–Crippen LogP) is 4.15. The maximum atomic E-state index is 12.4. The Balaban J connectivity index is 1.34. The molecule has 2 aliphatic heterocycles. The number of carbonyl (C=O) groups is 1. The van der Waals surface area contributed by atoms with Crippen molar-refractivity contribution in [1.82, 2.24) is 25.1 Å². The number of aryl methyl sites for hydroxylation is 1. The van der Waals surface area contributed by atoms with Gasteiger partial charge in [0.15, 0.2) is 5.82 Å². The lowest BCUT2D eigenvalue weighted by atomic mass is 9.81. The molecule has 0 saturated carbocycles. The Kier molecular flexibility index (Phi) is 6.36. The van der Waals surface area contributed by atoms with E-state index in [1.54, 1.807) is 6.20 Å². The largest absolute Gasteiger partial charge is 0.462 e. The van der Waals surface area contributed by atoms with Gasteiger partial charge >= 0.3 is 5.97 Å². The Labute approximate surface area is 199 Å². The summed E-state index contributed by atoms with van der Waals surface area (Å²) in [4.78, 5) is 24.2. The maximum absolute atomic E-state index is 12.4. The van der Waals surface area contributed by atoms with E-state index < -0.39 is 0 Å². The summed E-state index contributed by atoms with van der Waals surface area (Å²) < 4.78 is 5.42. The molecule has 9 nitrogen and oxygen atoms in total. The van der Waals surface area contributed by atoms with E-state index in [9.17, 15) is 4.79 Å². The van der Waals surface area contributed by atoms with Crippen molar-refractivity contribution in [2.24, 2.45) is 0 Å². The maximum Gasteiger partial charge on any atom is 0.320 e. The van der Waals surface area contributed by atoms with Gasteiger partial charge in [0.2, 0.25) is 0 Å². The average Bonchev–Trinajstić information content (AvgIpc) is 3.18. The van der Waals surface area contributed by atoms with Crippen LogP contribution in [0.1, 0.15) is 51.6 Å². The first-order chi connectivity index (χ1) is 16.4. The number of carbonyl (C=O) groups excluding carboxylic acids is 1. The molecule has 0 spiro atoms. The van der Waals surface area contributed by atoms with Crippen LogP contribution in [0.4, 0.5) is 17.5 Å². The Morgan fingerprint density at radius 3 is 2.74 bits per heavy atom. The van der Waals surface area contributed by atoms with Crippen molar-refractivity contribution in [2.75, 3.05) is 17.2 Å². The molecule has 2 fully saturated rings. The van der Waals surface area contributed by atoms with Crippen molar-refractivity contribution in [2.45, 2.75) is 77.1 Å². The van der Waals surface area contributed by atoms with Crippen LogP contribution in [0.2, 0.25) is 0 Å². The monoisotopic (exact) mass is 463 g/mol. The Morgan fingerprint density at radius 1 is 1.24 bits per heavy atom. The summed E-state index contributed by atoms with van der Waals surface area (Å²) in [5, 5.41) is 15.2. The minimum absolute atomic E-state index is 0.0780. The van der Waals surface area contributed by atoms with E-state index in [2.05, 4.69) is 36.8 Å². The molecule has 3 atom stereocenters. The minimum atomic E-state index is -0.121. The van der Waals surface area contributed by atoms with Crippen molar-refractivity contribution in [3.05, 3.63) is 36.2 Å². The molecule has 3 aromatic rings. The van der Waals surface area contributed by atoms with E-state index in [1.165, 1.54) is 6.42 Å². The normalized spacial score (nSPS) is 22.6. The number of rotatable bonds is 7. The Hall–Kier alpha value is -3.20. The highest BCUT2D eigenvalue weighted by molar-refractivity contribution is 5.91. The fourth-order valence-electron chi connectivity index (χ4n) is 5.36. The smallest absolute Gasteiger partial charge is 0.320 e. The lowest BCUT2D eigenvalue weighted by Crippen LogP contribution is -2.56. The number of hydrogen-bond acceptors (Lipinski definition) is 8. The number of anilines is 3. The van der Waals surface area contributed by atoms with Gasteiger partial charge in [0.1, 0.15) is 11.6 Å². The third kappa shape index (κ3) is 4.99. The molecular weight excluding hydrogens is 430 g/mol. The molecule has 0 aromatic carbocycles. The number of nitrogens with zero attached hydrogens (tertiary/aromatic N) is 4. The molecule has 180 valence electrons. The van der Waals surface area contributed by atoms with Crippen molar-refractivity contribution in [3.8, 4) is 0 Å². The summed E-state index contributed by atoms with van der Waals surface area (Å²) in [6.07, 6.45) is 7.11. The number of esters is 1. The highest BCUT2D eigenvalue weighted by Crippen LogP contribution is 2.36. The van der Waals surface area contributed by atoms with E-state index in [4.69, 9.17) is 9.72 Å². The van der Waals surface area contributed by atoms with Crippen LogP contribution in [0, 0.1) is 6.92 Å². The van der Waals surface area contributed by atoms with Gasteiger partial charge < -0.3 is 15.4 Å². The van der Waals surface area contributed by atoms with Crippen molar-refractivity contribution in [3.63, 3.8) is 0 Å². The summed E-state index contributed by atoms with van der Waals surface area (Å²) >= 11 is 0. The molecule has 3 N–H and O–H groups in total. The van der Waals surface area contributed by atoms with E-state index in [1.807, 2.05) is 39.0 Å². The SMILES string of the molecule is Cc1cc(Nc2cc3ncccc3c(NC3C[C@H]4CCC[C@@H](C3)N4CC(=O)OC(C)C)n2)n[nH]1. The molecule has 5 heterocycles. The van der Waals surface area contributed by atoms with E-state index in [-0.39, 0.29) is 18.1 Å². The highest BCUT2D eigenvalue weighted by Gasteiger charge is 2.39. The fourth-order valence-corrected chi connectivity index (χ4v) is 5.36. The van der Waals surface area contributed by atoms with Gasteiger partial charge in [-0.25, -0.2) is 4.98 Å². The molecule has 0 aliphatic carbocycles. The molecule has 5 rings (SSSR count). The zero-order valence-corrected chi connectivity index (χ0v) is 20.0. The number of ether oxygens (including phenoxy) is 1. The quantitative estimate of drug-likeness (QED) is 0.449. The molecule has 0 amide bonds. The number of pyridine rings is 2. The van der Waals surface area contributed by atoms with Crippen LogP contribution in [0.5, 0.6) is 0 Å². The third-order valence-electron chi connectivity index (χ3n) is 6.71. The second kappa shape index (κ2) is 9.58. The van der Waals surface area contributed by atoms with Crippen LogP contribution >= 0.6 is 0 Å². The lowest BCUT2D eigenvalue weighted by Gasteiger charge is -2.48. The molecule has 1 unspecified atom stereocenters. The van der Waals surface area contributed by atoms with E-state index >= 15 is 0 Å². The number of fused-ring (bicyclic) bond motifs is 3. The lowest BCUT2D eigenvalue weighted by molar-refractivity contribution is -0.151. The molecular formula is C25H33N7O2. The highest BCUT2D eigenvalue weighted by atomic mass is 16.5. The first-order valence-electron chi connectivity index (χ1n) is 12.2. The van der Waals surface area contributed by atoms with Crippen LogP contribution < -0.4 is 10.6 Å². The van der Waals surface area contributed by atoms with Crippen molar-refractivity contribution in [1.29, 1.82) is 0 Å². The standard InChI is InChI=1S/C25H33N7O2/c1-15(2)34-24(33)14-32-18-6-4-7-19(32)12-17(11-18)27-25-20-8-5-9-26-21(20)13-22(29-25)28-23-10-16(3)30-31-23/h5,8-10,13,15,17-19H,4,6-7,11-12,14H2,1-3H3,(H3,27,28,29,30,31)/t17?,18-,19+. The van der Waals surface area contributed by atoms with Gasteiger partial charge in [-0.15, -0.1) is 0 Å². The zero-order chi connectivity index (χ0) is 23.7. The summed E-state index contributed by atoms with van der Waals surface area (Å²) in [6, 6.07) is 8.92. The zero-order valence-electron chi connectivity index (χ0n) is 20.0. The van der Waals surface area contributed by atoms with Gasteiger partial charge in [-0.05, 0) is 58.6 Å². The molecule has 34 heavy (non-hydrogen) atoms. The van der Waals surface area contributed by atoms with Gasteiger partial charge in [0, 0.05) is 47.5 Å². The number of H-pyrrole nitrogens is 1. The van der Waals surface area contributed by atoms with Crippen LogP contribution in [0.15, 0.2) is 30.5 Å². The second-order valence-corrected chi connectivity index (χ2v) is 9.75. The first kappa shape index (κ1) is 22.6. The number of nitrogens with one attached hydrogen (secondary N) is 3. The molecule has 9 heteroatoms. The summed E-state index contributed by atoms with van der Waals surface area (Å²) in [5.74, 6) is 2.14. The average molecular weight is 464 g/mol. The van der Waals surface area contributed by atoms with Crippen LogP contribution in [0.25, 0.3) is 10.9 Å². The molecule has 3 aromatic heterocycles. The first-order valence-corrected chi connectivity index (χ1v) is 12.2. The van der Waals surface area contributed by atoms with Crippen molar-refractivity contribution < 1.29 is 9.53 Å². The summed E-state index contributed by atoms with van der Waals surface area (Å²) in [5.41, 5.74) is 1.86. The minimum Gasteiger partial charge on any atom is -0.462 e. The molecule has 2 aliphatic rings. The Bertz CT molecular complexity index is 1150. The Morgan fingerprint density at radius 2 is 2.03 bits per heavy atom. The van der Waals surface area contributed by atoms with Crippen LogP contribution in [-0.2, 0) is 9.53 Å². The van der Waals surface area contributed by atoms with Crippen LogP contribution in [0.3, 0.4) is 0 Å². The van der Waals surface area contributed by atoms with Gasteiger partial charge in [-0.1, -0.05) is 6.42 Å². The molecule has 2 bridgehead atoms. The molecule has 2 saturated heterocycles. The van der Waals surface area contributed by atoms with Crippen LogP contribution in [-0.4, -0.2) is 61.8 Å². The van der Waals surface area contributed by atoms with Gasteiger partial charge in [0.05, 0.1) is 18.2 Å². The topological polar surface area (TPSA) is 108 Å². The second-order valence-electron chi connectivity index (χ2n) is 9.75. The van der Waals surface area contributed by atoms with Gasteiger partial charge in [-0.2, -0.15) is 5.10 Å². The van der Waals surface area contributed by atoms with Crippen molar-refractivity contribution >= 4 is 34.3 Å². The van der Waals surface area contributed by atoms with E-state index in [0.717, 1.165) is 53.9 Å².